The van der Waals surface area contributed by atoms with E-state index in [2.05, 4.69) is 316 Å². The predicted molar refractivity (Wildman–Crippen MR) is 351 cm³/mol. The summed E-state index contributed by atoms with van der Waals surface area (Å²) in [6.07, 6.45) is 0. The highest BCUT2D eigenvalue weighted by Crippen LogP contribution is 2.51. The highest BCUT2D eigenvalue weighted by molar-refractivity contribution is 7.01. The van der Waals surface area contributed by atoms with E-state index in [-0.39, 0.29) is 6.71 Å². The molecule has 13 aromatic carbocycles. The standard InChI is InChI=1S/C78H49BN4/c1-6-23-50(24-7-1)54-41-42-63-64-44-43-57(51-25-8-2-9-26-51)75-78(64)82(70(63)45-54)73-46-56(81-67-38-19-16-33-60(67)61-34-17-20-39-68(61)81)47-74-76(73)79(75)66-49-71-65(62-35-18-21-40-69(62)80(71)55-31-14-5-15-32-55)48-72(66)83(74)77-58(52-27-10-3-11-28-52)36-22-37-59(77)53-29-12-4-13-30-53/h1-49H. The van der Waals surface area contributed by atoms with Crippen molar-refractivity contribution >= 4 is 106 Å². The van der Waals surface area contributed by atoms with Gasteiger partial charge < -0.3 is 18.6 Å². The molecule has 0 N–H and O–H groups in total. The summed E-state index contributed by atoms with van der Waals surface area (Å²) >= 11 is 0. The van der Waals surface area contributed by atoms with Gasteiger partial charge in [0.05, 0.1) is 39.0 Å². The number of hydrogen-bond donors (Lipinski definition) is 0. The maximum absolute atomic E-state index is 2.69. The Bertz CT molecular complexity index is 5200. The summed E-state index contributed by atoms with van der Waals surface area (Å²) in [7, 11) is 0. The van der Waals surface area contributed by atoms with E-state index in [0.717, 1.165) is 50.7 Å². The Morgan fingerprint density at radius 2 is 0.711 bits per heavy atom. The van der Waals surface area contributed by atoms with Crippen molar-refractivity contribution < 1.29 is 0 Å². The molecule has 0 unspecified atom stereocenters. The van der Waals surface area contributed by atoms with Crippen LogP contribution in [0.25, 0.3) is 127 Å². The van der Waals surface area contributed by atoms with Crippen molar-refractivity contribution in [3.05, 3.63) is 297 Å². The van der Waals surface area contributed by atoms with Crippen molar-refractivity contribution in [2.24, 2.45) is 0 Å². The van der Waals surface area contributed by atoms with E-state index in [1.54, 1.807) is 0 Å². The minimum absolute atomic E-state index is 0.210. The molecule has 0 atom stereocenters. The van der Waals surface area contributed by atoms with E-state index in [1.807, 2.05) is 0 Å². The summed E-state index contributed by atoms with van der Waals surface area (Å²) in [5.41, 5.74) is 27.2. The van der Waals surface area contributed by atoms with Gasteiger partial charge in [-0.05, 0) is 110 Å². The van der Waals surface area contributed by atoms with Gasteiger partial charge in [0, 0.05) is 71.7 Å². The van der Waals surface area contributed by atoms with Crippen molar-refractivity contribution in [3.63, 3.8) is 0 Å². The van der Waals surface area contributed by atoms with Gasteiger partial charge in [-0.1, -0.05) is 237 Å². The van der Waals surface area contributed by atoms with Gasteiger partial charge in [-0.2, -0.15) is 0 Å². The molecule has 4 nitrogen and oxygen atoms in total. The summed E-state index contributed by atoms with van der Waals surface area (Å²) in [5, 5.41) is 7.34. The fraction of sp³-hybridized carbons (Fsp3) is 0. The van der Waals surface area contributed by atoms with Gasteiger partial charge in [0.1, 0.15) is 0 Å². The maximum atomic E-state index is 2.69. The SMILES string of the molecule is c1ccc(-c2ccc3c4ccc(-c5ccccc5)c5c4n(c3c2)-c2cc(-n3c4ccccc4c4ccccc43)cc3c2B5c2cc4c(cc2N3c2c(-c3ccccc3)cccc2-c2ccccc2)c2ccccc2n4-c2ccccc2)cc1. The third kappa shape index (κ3) is 6.65. The second kappa shape index (κ2) is 17.8. The van der Waals surface area contributed by atoms with Crippen LogP contribution in [0.1, 0.15) is 0 Å². The molecule has 0 saturated carbocycles. The van der Waals surface area contributed by atoms with Gasteiger partial charge in [0.25, 0.3) is 6.71 Å². The van der Waals surface area contributed by atoms with Crippen molar-refractivity contribution in [1.29, 1.82) is 0 Å². The van der Waals surface area contributed by atoms with Crippen LogP contribution in [0.4, 0.5) is 17.1 Å². The van der Waals surface area contributed by atoms with E-state index in [4.69, 9.17) is 0 Å². The molecule has 5 heteroatoms. The Hall–Kier alpha value is -10.9. The summed E-state index contributed by atoms with van der Waals surface area (Å²) in [4.78, 5) is 2.69. The van der Waals surface area contributed by atoms with Crippen LogP contribution < -0.4 is 21.3 Å². The Kier molecular flexibility index (Phi) is 9.86. The zero-order valence-corrected chi connectivity index (χ0v) is 45.2. The molecule has 83 heavy (non-hydrogen) atoms. The lowest BCUT2D eigenvalue weighted by atomic mass is 9.33. The van der Waals surface area contributed by atoms with Gasteiger partial charge in [0.2, 0.25) is 0 Å². The van der Waals surface area contributed by atoms with Crippen LogP contribution in [0, 0.1) is 0 Å². The average molecular weight is 1050 g/mol. The summed E-state index contributed by atoms with van der Waals surface area (Å²) < 4.78 is 7.68. The lowest BCUT2D eigenvalue weighted by Crippen LogP contribution is -2.61. The molecule has 3 aromatic heterocycles. The van der Waals surface area contributed by atoms with Gasteiger partial charge >= 0.3 is 0 Å². The molecule has 384 valence electrons. The Labute approximate surface area is 480 Å². The number of hydrogen-bond acceptors (Lipinski definition) is 1. The molecule has 0 fully saturated rings. The third-order valence-electron chi connectivity index (χ3n) is 18.0. The molecular weight excluding hydrogens is 1000 g/mol. The number of nitrogens with zero attached hydrogens (tertiary/aromatic N) is 4. The van der Waals surface area contributed by atoms with Crippen LogP contribution in [0.15, 0.2) is 297 Å². The minimum atomic E-state index is -0.210. The molecule has 16 aromatic rings. The Morgan fingerprint density at radius 1 is 0.241 bits per heavy atom. The summed E-state index contributed by atoms with van der Waals surface area (Å²) in [6, 6.07) is 111. The number of aromatic nitrogens is 3. The smallest absolute Gasteiger partial charge is 0.253 e. The van der Waals surface area contributed by atoms with Gasteiger partial charge in [-0.25, -0.2) is 0 Å². The molecule has 0 radical (unpaired) electrons. The van der Waals surface area contributed by atoms with Crippen LogP contribution in [-0.2, 0) is 0 Å². The molecular formula is C78H49BN4. The zero-order chi connectivity index (χ0) is 54.3. The predicted octanol–water partition coefficient (Wildman–Crippen LogP) is 18.3. The molecule has 0 aliphatic carbocycles. The molecule has 0 amide bonds. The molecule has 0 spiro atoms. The van der Waals surface area contributed by atoms with Crippen molar-refractivity contribution in [1.82, 2.24) is 13.7 Å². The molecule has 0 saturated heterocycles. The highest BCUT2D eigenvalue weighted by atomic mass is 15.2. The number of anilines is 3. The highest BCUT2D eigenvalue weighted by Gasteiger charge is 2.45. The summed E-state index contributed by atoms with van der Waals surface area (Å²) in [6.45, 7) is -0.210. The number of para-hydroxylation sites is 5. The molecule has 18 rings (SSSR count). The largest absolute Gasteiger partial charge is 0.310 e. The maximum Gasteiger partial charge on any atom is 0.253 e. The van der Waals surface area contributed by atoms with E-state index >= 15 is 0 Å². The fourth-order valence-electron chi connectivity index (χ4n) is 14.6. The first kappa shape index (κ1) is 45.9. The zero-order valence-electron chi connectivity index (χ0n) is 45.2. The number of fused-ring (bicyclic) bond motifs is 13. The summed E-state index contributed by atoms with van der Waals surface area (Å²) in [5.74, 6) is 0. The van der Waals surface area contributed by atoms with Gasteiger partial charge in [-0.15, -0.1) is 0 Å². The second-order valence-corrected chi connectivity index (χ2v) is 22.3. The van der Waals surface area contributed by atoms with Crippen LogP contribution in [0.5, 0.6) is 0 Å². The monoisotopic (exact) mass is 1050 g/mol. The topological polar surface area (TPSA) is 18.0 Å². The minimum Gasteiger partial charge on any atom is -0.310 e. The Morgan fingerprint density at radius 3 is 1.31 bits per heavy atom. The molecule has 5 heterocycles. The van der Waals surface area contributed by atoms with Crippen molar-refractivity contribution in [2.75, 3.05) is 4.90 Å². The molecule has 0 bridgehead atoms. The van der Waals surface area contributed by atoms with E-state index in [0.29, 0.717) is 0 Å². The van der Waals surface area contributed by atoms with Crippen LogP contribution in [-0.4, -0.2) is 20.4 Å². The van der Waals surface area contributed by atoms with E-state index < -0.39 is 0 Å². The first-order valence-corrected chi connectivity index (χ1v) is 28.8. The van der Waals surface area contributed by atoms with E-state index in [1.165, 1.54) is 110 Å². The normalized spacial score (nSPS) is 12.5. The van der Waals surface area contributed by atoms with Crippen molar-refractivity contribution in [3.8, 4) is 61.6 Å². The van der Waals surface area contributed by atoms with Gasteiger partial charge in [0.15, 0.2) is 0 Å². The van der Waals surface area contributed by atoms with Crippen LogP contribution in [0.3, 0.4) is 0 Å². The van der Waals surface area contributed by atoms with Gasteiger partial charge in [-0.3, -0.25) is 0 Å². The van der Waals surface area contributed by atoms with Crippen LogP contribution in [0.2, 0.25) is 0 Å². The fourth-order valence-corrected chi connectivity index (χ4v) is 14.6. The second-order valence-electron chi connectivity index (χ2n) is 22.3. The van der Waals surface area contributed by atoms with Crippen molar-refractivity contribution in [2.45, 2.75) is 0 Å². The first-order chi connectivity index (χ1) is 41.2. The van der Waals surface area contributed by atoms with Crippen LogP contribution >= 0.6 is 0 Å². The lowest BCUT2D eigenvalue weighted by Gasteiger charge is -2.42. The average Bonchev–Trinajstić information content (AvgIpc) is 1.98. The third-order valence-corrected chi connectivity index (χ3v) is 18.0. The molecule has 2 aliphatic heterocycles. The molecule has 2 aliphatic rings. The van der Waals surface area contributed by atoms with E-state index in [9.17, 15) is 0 Å². The number of rotatable bonds is 7. The lowest BCUT2D eigenvalue weighted by molar-refractivity contribution is 1.13. The first-order valence-electron chi connectivity index (χ1n) is 28.8. The quantitative estimate of drug-likeness (QED) is 0.146. The Balaban J connectivity index is 1.08. The number of benzene rings is 13.